The molecule has 3 nitrogen and oxygen atoms in total. The van der Waals surface area contributed by atoms with Crippen molar-refractivity contribution >= 4 is 39.1 Å². The van der Waals surface area contributed by atoms with Crippen LogP contribution in [0.25, 0.3) is 0 Å². The first-order valence-electron chi connectivity index (χ1n) is 5.23. The maximum atomic E-state index is 12.2. The molecule has 0 radical (unpaired) electrons. The molecule has 1 aromatic carbocycles. The highest BCUT2D eigenvalue weighted by Gasteiger charge is 2.19. The Labute approximate surface area is 118 Å². The molecule has 1 unspecified atom stereocenters. The van der Waals surface area contributed by atoms with Crippen LogP contribution in [0.15, 0.2) is 42.6 Å². The highest BCUT2D eigenvalue weighted by Crippen LogP contribution is 2.28. The summed E-state index contributed by atoms with van der Waals surface area (Å²) in [6, 6.07) is 10.2. The zero-order chi connectivity index (χ0) is 13.1. The molecular weight excluding hydrogens is 316 g/mol. The number of benzene rings is 1. The zero-order valence-corrected chi connectivity index (χ0v) is 11.6. The number of nitrogens with zero attached hydrogens (tertiary/aromatic N) is 1. The highest BCUT2D eigenvalue weighted by atomic mass is 79.9. The number of carbonyl (C=O) groups excluding carboxylic acids is 1. The minimum Gasteiger partial charge on any atom is -0.384 e. The van der Waals surface area contributed by atoms with Gasteiger partial charge in [0.15, 0.2) is 5.78 Å². The molecule has 0 aliphatic carbocycles. The van der Waals surface area contributed by atoms with Crippen molar-refractivity contribution in [3.63, 3.8) is 0 Å². The summed E-state index contributed by atoms with van der Waals surface area (Å²) in [7, 11) is 0. The molecule has 0 saturated carbocycles. The summed E-state index contributed by atoms with van der Waals surface area (Å²) in [5, 5.41) is 0.603. The number of pyridine rings is 1. The van der Waals surface area contributed by atoms with Crippen molar-refractivity contribution in [2.45, 2.75) is 4.83 Å². The van der Waals surface area contributed by atoms with Gasteiger partial charge in [0, 0.05) is 16.8 Å². The van der Waals surface area contributed by atoms with Gasteiger partial charge in [0.1, 0.15) is 10.6 Å². The summed E-state index contributed by atoms with van der Waals surface area (Å²) >= 11 is 9.16. The second-order valence-electron chi connectivity index (χ2n) is 3.75. The lowest BCUT2D eigenvalue weighted by atomic mass is 10.0. The average molecular weight is 326 g/mol. The lowest BCUT2D eigenvalue weighted by Gasteiger charge is -2.09. The predicted octanol–water partition coefficient (Wildman–Crippen LogP) is 3.64. The van der Waals surface area contributed by atoms with Crippen LogP contribution < -0.4 is 5.73 Å². The summed E-state index contributed by atoms with van der Waals surface area (Å²) in [4.78, 5) is 15.7. The first kappa shape index (κ1) is 13.1. The molecule has 1 aromatic heterocycles. The van der Waals surface area contributed by atoms with E-state index >= 15 is 0 Å². The summed E-state index contributed by atoms with van der Waals surface area (Å²) in [5.74, 6) is 0.345. The van der Waals surface area contributed by atoms with Crippen LogP contribution in [-0.4, -0.2) is 10.8 Å². The average Bonchev–Trinajstić information content (AvgIpc) is 2.38. The fourth-order valence-electron chi connectivity index (χ4n) is 1.54. The molecule has 1 atom stereocenters. The van der Waals surface area contributed by atoms with Crippen LogP contribution in [0.1, 0.15) is 20.7 Å². The number of rotatable bonds is 3. The number of hydrogen-bond acceptors (Lipinski definition) is 3. The summed E-state index contributed by atoms with van der Waals surface area (Å²) in [5.41, 5.74) is 6.97. The molecule has 0 saturated heterocycles. The third-order valence-corrected chi connectivity index (χ3v) is 3.65. The number of halogens is 2. The number of nitrogens with two attached hydrogens (primary N) is 1. The van der Waals surface area contributed by atoms with Crippen LogP contribution in [0.3, 0.4) is 0 Å². The molecule has 0 aliphatic rings. The molecule has 92 valence electrons. The van der Waals surface area contributed by atoms with Gasteiger partial charge in [-0.05, 0) is 42.0 Å². The van der Waals surface area contributed by atoms with Gasteiger partial charge in [-0.25, -0.2) is 4.98 Å². The zero-order valence-electron chi connectivity index (χ0n) is 9.31. The molecule has 0 fully saturated rings. The second kappa shape index (κ2) is 5.50. The van der Waals surface area contributed by atoms with Gasteiger partial charge in [-0.1, -0.05) is 27.5 Å². The van der Waals surface area contributed by atoms with Crippen molar-refractivity contribution in [2.75, 3.05) is 5.73 Å². The third kappa shape index (κ3) is 2.89. The van der Waals surface area contributed by atoms with Crippen molar-refractivity contribution in [1.82, 2.24) is 4.98 Å². The molecule has 0 amide bonds. The van der Waals surface area contributed by atoms with Crippen LogP contribution in [0.4, 0.5) is 5.82 Å². The molecule has 5 heteroatoms. The Kier molecular flexibility index (Phi) is 3.99. The minimum atomic E-state index is -0.441. The van der Waals surface area contributed by atoms with E-state index in [2.05, 4.69) is 20.9 Å². The monoisotopic (exact) mass is 324 g/mol. The van der Waals surface area contributed by atoms with E-state index in [-0.39, 0.29) is 5.78 Å². The molecule has 0 spiro atoms. The number of carbonyl (C=O) groups is 1. The normalized spacial score (nSPS) is 12.1. The summed E-state index contributed by atoms with van der Waals surface area (Å²) in [6.45, 7) is 0. The van der Waals surface area contributed by atoms with Crippen molar-refractivity contribution in [3.05, 3.63) is 58.7 Å². The van der Waals surface area contributed by atoms with Gasteiger partial charge in [-0.15, -0.1) is 0 Å². The maximum absolute atomic E-state index is 12.2. The molecular formula is C13H10BrClN2O. The number of nitrogen functional groups attached to an aromatic ring is 1. The smallest absolute Gasteiger partial charge is 0.180 e. The Morgan fingerprint density at radius 1 is 1.28 bits per heavy atom. The standard InChI is InChI=1S/C13H10BrClN2O/c14-12(9-5-6-17-11(16)7-9)13(18)8-1-3-10(15)4-2-8/h1-7,12H,(H2,16,17). The Balaban J connectivity index is 2.26. The van der Waals surface area contributed by atoms with Gasteiger partial charge in [0.05, 0.1) is 0 Å². The lowest BCUT2D eigenvalue weighted by molar-refractivity contribution is 0.0991. The number of Topliss-reactive ketones (excluding diaryl/α,β-unsaturated/α-hetero) is 1. The van der Waals surface area contributed by atoms with Crippen molar-refractivity contribution in [2.24, 2.45) is 0 Å². The fourth-order valence-corrected chi connectivity index (χ4v) is 2.21. The van der Waals surface area contributed by atoms with Crippen molar-refractivity contribution in [1.29, 1.82) is 0 Å². The number of ketones is 1. The second-order valence-corrected chi connectivity index (χ2v) is 5.10. The molecule has 0 aliphatic heterocycles. The molecule has 18 heavy (non-hydrogen) atoms. The summed E-state index contributed by atoms with van der Waals surface area (Å²) < 4.78 is 0. The molecule has 1 heterocycles. The number of anilines is 1. The Morgan fingerprint density at radius 3 is 2.56 bits per heavy atom. The van der Waals surface area contributed by atoms with Crippen LogP contribution in [0.2, 0.25) is 5.02 Å². The molecule has 2 aromatic rings. The van der Waals surface area contributed by atoms with Gasteiger partial charge >= 0.3 is 0 Å². The van der Waals surface area contributed by atoms with Crippen LogP contribution in [-0.2, 0) is 0 Å². The van der Waals surface area contributed by atoms with Gasteiger partial charge in [0.2, 0.25) is 0 Å². The van der Waals surface area contributed by atoms with Gasteiger partial charge in [-0.2, -0.15) is 0 Å². The van der Waals surface area contributed by atoms with Crippen LogP contribution in [0.5, 0.6) is 0 Å². The third-order valence-electron chi connectivity index (χ3n) is 2.46. The molecule has 0 bridgehead atoms. The Hall–Kier alpha value is -1.39. The van der Waals surface area contributed by atoms with E-state index in [1.54, 1.807) is 42.6 Å². The Morgan fingerprint density at radius 2 is 1.94 bits per heavy atom. The molecule has 2 rings (SSSR count). The van der Waals surface area contributed by atoms with Gasteiger partial charge < -0.3 is 5.73 Å². The summed E-state index contributed by atoms with van der Waals surface area (Å²) in [6.07, 6.45) is 1.58. The van der Waals surface area contributed by atoms with Gasteiger partial charge in [0.25, 0.3) is 0 Å². The number of alkyl halides is 1. The van der Waals surface area contributed by atoms with Crippen LogP contribution in [0, 0.1) is 0 Å². The number of hydrogen-bond donors (Lipinski definition) is 1. The highest BCUT2D eigenvalue weighted by molar-refractivity contribution is 9.09. The van der Waals surface area contributed by atoms with E-state index in [0.717, 1.165) is 5.56 Å². The maximum Gasteiger partial charge on any atom is 0.180 e. The van der Waals surface area contributed by atoms with Crippen molar-refractivity contribution < 1.29 is 4.79 Å². The van der Waals surface area contributed by atoms with E-state index < -0.39 is 4.83 Å². The minimum absolute atomic E-state index is 0.0442. The topological polar surface area (TPSA) is 56.0 Å². The van der Waals surface area contributed by atoms with E-state index in [4.69, 9.17) is 17.3 Å². The van der Waals surface area contributed by atoms with E-state index in [0.29, 0.717) is 16.4 Å². The van der Waals surface area contributed by atoms with E-state index in [1.807, 2.05) is 0 Å². The Bertz CT molecular complexity index is 571. The quantitative estimate of drug-likeness (QED) is 0.692. The van der Waals surface area contributed by atoms with Crippen molar-refractivity contribution in [3.8, 4) is 0 Å². The SMILES string of the molecule is Nc1cc(C(Br)C(=O)c2ccc(Cl)cc2)ccn1. The van der Waals surface area contributed by atoms with Crippen LogP contribution >= 0.6 is 27.5 Å². The predicted molar refractivity (Wildman–Crippen MR) is 76.1 cm³/mol. The van der Waals surface area contributed by atoms with Gasteiger partial charge in [-0.3, -0.25) is 4.79 Å². The first-order valence-corrected chi connectivity index (χ1v) is 6.52. The fraction of sp³-hybridized carbons (Fsp3) is 0.0769. The lowest BCUT2D eigenvalue weighted by Crippen LogP contribution is -2.07. The van der Waals surface area contributed by atoms with E-state index in [9.17, 15) is 4.79 Å². The number of aromatic nitrogens is 1. The van der Waals surface area contributed by atoms with E-state index in [1.165, 1.54) is 0 Å². The largest absolute Gasteiger partial charge is 0.384 e. The molecule has 2 N–H and O–H groups in total. The first-order chi connectivity index (χ1) is 8.58.